The van der Waals surface area contributed by atoms with E-state index in [1.165, 1.54) is 17.7 Å². The highest BCUT2D eigenvalue weighted by molar-refractivity contribution is 5.83. The van der Waals surface area contributed by atoms with Crippen LogP contribution in [0.15, 0.2) is 47.6 Å². The Balaban J connectivity index is 1.90. The highest BCUT2D eigenvalue weighted by Crippen LogP contribution is 2.29. The molecule has 9 nitrogen and oxygen atoms in total. The highest BCUT2D eigenvalue weighted by atomic mass is 16.6. The van der Waals surface area contributed by atoms with Crippen LogP contribution in [0, 0.1) is 47.9 Å². The molecule has 0 fully saturated rings. The molecule has 0 saturated heterocycles. The number of benzene rings is 2. The van der Waals surface area contributed by atoms with Crippen LogP contribution in [0.25, 0.3) is 5.69 Å². The van der Waals surface area contributed by atoms with E-state index in [9.17, 15) is 20.2 Å². The Morgan fingerprint density at radius 3 is 2.33 bits per heavy atom. The van der Waals surface area contributed by atoms with Crippen LogP contribution in [-0.4, -0.2) is 20.6 Å². The molecule has 0 radical (unpaired) electrons. The number of aromatic nitrogens is 1. The third-order valence-electron chi connectivity index (χ3n) is 4.84. The van der Waals surface area contributed by atoms with E-state index in [1.807, 2.05) is 26.8 Å². The van der Waals surface area contributed by atoms with Crippen molar-refractivity contribution >= 4 is 23.3 Å². The lowest BCUT2D eigenvalue weighted by atomic mass is 10.1. The molecule has 3 aromatic rings. The van der Waals surface area contributed by atoms with Gasteiger partial charge in [-0.1, -0.05) is 17.7 Å². The number of nitrogens with zero attached hydrogens (tertiary/aromatic N) is 4. The van der Waals surface area contributed by atoms with Crippen LogP contribution in [0.1, 0.15) is 28.1 Å². The molecule has 0 bridgehead atoms. The zero-order chi connectivity index (χ0) is 22.0. The maximum absolute atomic E-state index is 11.2. The first-order valence-corrected chi connectivity index (χ1v) is 9.17. The molecule has 154 valence electrons. The number of nitro groups is 2. The molecular weight excluding hydrogens is 386 g/mol. The average Bonchev–Trinajstić information content (AvgIpc) is 2.95. The summed E-state index contributed by atoms with van der Waals surface area (Å²) in [5, 5.41) is 26.2. The summed E-state index contributed by atoms with van der Waals surface area (Å²) in [5.41, 5.74) is 8.20. The number of hydrogen-bond donors (Lipinski definition) is 1. The molecule has 1 N–H and O–H groups in total. The minimum absolute atomic E-state index is 0.0741. The van der Waals surface area contributed by atoms with Gasteiger partial charge in [-0.2, -0.15) is 5.10 Å². The molecule has 0 aliphatic carbocycles. The maximum Gasteiger partial charge on any atom is 0.301 e. The summed E-state index contributed by atoms with van der Waals surface area (Å²) in [5.74, 6) is 0. The second-order valence-corrected chi connectivity index (χ2v) is 7.04. The van der Waals surface area contributed by atoms with Crippen LogP contribution in [0.4, 0.5) is 17.1 Å². The van der Waals surface area contributed by atoms with Gasteiger partial charge in [0, 0.05) is 28.7 Å². The van der Waals surface area contributed by atoms with E-state index in [4.69, 9.17) is 0 Å². The number of nitrogens with one attached hydrogen (secondary N) is 1. The number of hydrogen-bond acceptors (Lipinski definition) is 6. The summed E-state index contributed by atoms with van der Waals surface area (Å²) in [6.07, 6.45) is 1.58. The second-order valence-electron chi connectivity index (χ2n) is 7.04. The number of nitro benzene ring substituents is 2. The minimum atomic E-state index is -0.684. The molecule has 0 spiro atoms. The smallest absolute Gasteiger partial charge is 0.301 e. The lowest BCUT2D eigenvalue weighted by Gasteiger charge is -2.13. The van der Waals surface area contributed by atoms with E-state index in [-0.39, 0.29) is 11.4 Å². The van der Waals surface area contributed by atoms with Gasteiger partial charge in [0.1, 0.15) is 5.69 Å². The largest absolute Gasteiger partial charge is 0.318 e. The molecule has 30 heavy (non-hydrogen) atoms. The molecule has 1 aromatic heterocycles. The van der Waals surface area contributed by atoms with Gasteiger partial charge in [-0.25, -0.2) is 0 Å². The molecule has 0 aliphatic rings. The van der Waals surface area contributed by atoms with Crippen molar-refractivity contribution in [3.05, 3.63) is 90.8 Å². The van der Waals surface area contributed by atoms with Gasteiger partial charge in [0.15, 0.2) is 0 Å². The van der Waals surface area contributed by atoms with E-state index in [2.05, 4.69) is 40.2 Å². The van der Waals surface area contributed by atoms with Crippen LogP contribution in [0.5, 0.6) is 0 Å². The number of hydrazone groups is 1. The molecule has 9 heteroatoms. The Morgan fingerprint density at radius 2 is 1.70 bits per heavy atom. The summed E-state index contributed by atoms with van der Waals surface area (Å²) in [6.45, 7) is 8.08. The second kappa shape index (κ2) is 8.16. The normalized spacial score (nSPS) is 11.1. The monoisotopic (exact) mass is 407 g/mol. The Morgan fingerprint density at radius 1 is 0.967 bits per heavy atom. The molecule has 3 rings (SSSR count). The van der Waals surface area contributed by atoms with Gasteiger partial charge < -0.3 is 4.57 Å². The lowest BCUT2D eigenvalue weighted by molar-refractivity contribution is -0.393. The number of aryl methyl sites for hydroxylation is 3. The summed E-state index contributed by atoms with van der Waals surface area (Å²) < 4.78 is 2.13. The van der Waals surface area contributed by atoms with Crippen LogP contribution < -0.4 is 5.43 Å². The Bertz CT molecular complexity index is 1180. The van der Waals surface area contributed by atoms with Crippen molar-refractivity contribution in [2.75, 3.05) is 5.43 Å². The van der Waals surface area contributed by atoms with Gasteiger partial charge in [-0.15, -0.1) is 0 Å². The molecule has 0 unspecified atom stereocenters. The van der Waals surface area contributed by atoms with E-state index >= 15 is 0 Å². The Hall–Kier alpha value is -4.01. The van der Waals surface area contributed by atoms with Crippen molar-refractivity contribution in [1.82, 2.24) is 4.57 Å². The highest BCUT2D eigenvalue weighted by Gasteiger charge is 2.19. The van der Waals surface area contributed by atoms with E-state index in [0.29, 0.717) is 0 Å². The van der Waals surface area contributed by atoms with Crippen LogP contribution in [-0.2, 0) is 0 Å². The molecule has 0 atom stereocenters. The summed E-state index contributed by atoms with van der Waals surface area (Å²) in [4.78, 5) is 20.7. The summed E-state index contributed by atoms with van der Waals surface area (Å²) >= 11 is 0. The van der Waals surface area contributed by atoms with Crippen molar-refractivity contribution < 1.29 is 9.85 Å². The predicted octanol–water partition coefficient (Wildman–Crippen LogP) is 4.97. The third kappa shape index (κ3) is 4.04. The zero-order valence-electron chi connectivity index (χ0n) is 17.0. The molecular formula is C21H21N5O4. The van der Waals surface area contributed by atoms with E-state index in [0.717, 1.165) is 34.3 Å². The molecule has 2 aromatic carbocycles. The Labute approximate surface area is 173 Å². The van der Waals surface area contributed by atoms with Gasteiger partial charge in [-0.05, 0) is 51.5 Å². The van der Waals surface area contributed by atoms with Crippen LogP contribution in [0.2, 0.25) is 0 Å². The van der Waals surface area contributed by atoms with Crippen molar-refractivity contribution in [2.24, 2.45) is 5.10 Å². The lowest BCUT2D eigenvalue weighted by Crippen LogP contribution is -2.02. The minimum Gasteiger partial charge on any atom is -0.318 e. The Kier molecular flexibility index (Phi) is 5.63. The van der Waals surface area contributed by atoms with E-state index in [1.54, 1.807) is 6.21 Å². The standard InChI is InChI=1S/C21H21N5O4/c1-13-5-8-20(14(2)9-13)24-15(3)10-17(16(24)4)12-22-23-19-7-6-18(25(27)28)11-21(19)26(29)30/h5-12,23H,1-4H3/b22-12-. The third-order valence-corrected chi connectivity index (χ3v) is 4.84. The number of anilines is 1. The van der Waals surface area contributed by atoms with Crippen LogP contribution in [0.3, 0.4) is 0 Å². The molecule has 0 aliphatic heterocycles. The number of rotatable bonds is 6. The van der Waals surface area contributed by atoms with Gasteiger partial charge in [0.25, 0.3) is 5.69 Å². The van der Waals surface area contributed by atoms with Crippen molar-refractivity contribution in [3.8, 4) is 5.69 Å². The molecule has 0 saturated carbocycles. The van der Waals surface area contributed by atoms with Gasteiger partial charge in [-0.3, -0.25) is 25.7 Å². The predicted molar refractivity (Wildman–Crippen MR) is 116 cm³/mol. The SMILES string of the molecule is Cc1ccc(-n2c(C)cc(/C=N\Nc3ccc([N+](=O)[O-])cc3[N+](=O)[O-])c2C)c(C)c1. The first-order chi connectivity index (χ1) is 14.2. The summed E-state index contributed by atoms with van der Waals surface area (Å²) in [6, 6.07) is 11.6. The van der Waals surface area contributed by atoms with Gasteiger partial charge in [0.05, 0.1) is 22.1 Å². The first-order valence-electron chi connectivity index (χ1n) is 9.17. The van der Waals surface area contributed by atoms with E-state index < -0.39 is 15.5 Å². The zero-order valence-corrected chi connectivity index (χ0v) is 17.0. The molecule has 1 heterocycles. The first kappa shape index (κ1) is 20.7. The fourth-order valence-electron chi connectivity index (χ4n) is 3.40. The van der Waals surface area contributed by atoms with Crippen molar-refractivity contribution in [2.45, 2.75) is 27.7 Å². The quantitative estimate of drug-likeness (QED) is 0.352. The average molecular weight is 407 g/mol. The van der Waals surface area contributed by atoms with Gasteiger partial charge in [0.2, 0.25) is 0 Å². The fraction of sp³-hybridized carbons (Fsp3) is 0.190. The van der Waals surface area contributed by atoms with Crippen LogP contribution >= 0.6 is 0 Å². The van der Waals surface area contributed by atoms with Crippen molar-refractivity contribution in [1.29, 1.82) is 0 Å². The number of non-ortho nitro benzene ring substituents is 1. The fourth-order valence-corrected chi connectivity index (χ4v) is 3.40. The molecule has 0 amide bonds. The summed E-state index contributed by atoms with van der Waals surface area (Å²) in [7, 11) is 0. The van der Waals surface area contributed by atoms with Gasteiger partial charge >= 0.3 is 5.69 Å². The topological polar surface area (TPSA) is 116 Å². The maximum atomic E-state index is 11.2. The van der Waals surface area contributed by atoms with Crippen molar-refractivity contribution in [3.63, 3.8) is 0 Å².